The van der Waals surface area contributed by atoms with Crippen molar-refractivity contribution in [2.24, 2.45) is 0 Å². The van der Waals surface area contributed by atoms with Crippen LogP contribution in [-0.4, -0.2) is 50.5 Å². The van der Waals surface area contributed by atoms with Gasteiger partial charge in [0.2, 0.25) is 21.8 Å². The lowest BCUT2D eigenvalue weighted by atomic mass is 10.1. The Morgan fingerprint density at radius 2 is 1.81 bits per heavy atom. The Balaban J connectivity index is 2.40. The maximum atomic E-state index is 14.2. The number of aryl methyl sites for hydroxylation is 1. The van der Waals surface area contributed by atoms with Gasteiger partial charge in [0, 0.05) is 18.7 Å². The summed E-state index contributed by atoms with van der Waals surface area (Å²) >= 11 is 0. The molecule has 0 saturated carbocycles. The topological polar surface area (TPSA) is 86.8 Å². The first kappa shape index (κ1) is 24.3. The quantitative estimate of drug-likeness (QED) is 0.637. The van der Waals surface area contributed by atoms with E-state index in [1.54, 1.807) is 31.2 Å². The number of anilines is 1. The summed E-state index contributed by atoms with van der Waals surface area (Å²) in [6, 6.07) is 11.8. The second-order valence-corrected chi connectivity index (χ2v) is 9.20. The van der Waals surface area contributed by atoms with Gasteiger partial charge in [-0.25, -0.2) is 12.8 Å². The van der Waals surface area contributed by atoms with Gasteiger partial charge >= 0.3 is 0 Å². The number of rotatable bonds is 9. The molecule has 0 aliphatic rings. The number of halogens is 1. The van der Waals surface area contributed by atoms with Crippen LogP contribution in [0, 0.1) is 12.7 Å². The number of hydrogen-bond donors (Lipinski definition) is 1. The zero-order chi connectivity index (χ0) is 23.2. The Morgan fingerprint density at radius 1 is 1.13 bits per heavy atom. The second-order valence-electron chi connectivity index (χ2n) is 7.29. The van der Waals surface area contributed by atoms with Gasteiger partial charge in [-0.3, -0.25) is 13.9 Å². The van der Waals surface area contributed by atoms with Crippen molar-refractivity contribution in [1.29, 1.82) is 0 Å². The Hall–Kier alpha value is -2.94. The van der Waals surface area contributed by atoms with E-state index in [0.717, 1.165) is 16.1 Å². The van der Waals surface area contributed by atoms with Crippen molar-refractivity contribution in [1.82, 2.24) is 10.2 Å². The van der Waals surface area contributed by atoms with E-state index in [0.29, 0.717) is 12.2 Å². The van der Waals surface area contributed by atoms with Crippen LogP contribution in [0.1, 0.15) is 25.0 Å². The molecule has 0 aliphatic heterocycles. The van der Waals surface area contributed by atoms with Gasteiger partial charge in [0.25, 0.3) is 0 Å². The lowest BCUT2D eigenvalue weighted by Gasteiger charge is -2.31. The number of carbonyl (C=O) groups excluding carboxylic acids is 2. The summed E-state index contributed by atoms with van der Waals surface area (Å²) in [5.74, 6) is -1.54. The monoisotopic (exact) mass is 449 g/mol. The molecule has 2 rings (SSSR count). The van der Waals surface area contributed by atoms with Crippen LogP contribution in [0.2, 0.25) is 0 Å². The molecule has 0 aliphatic carbocycles. The normalized spacial score (nSPS) is 12.2. The minimum atomic E-state index is -3.79. The number of benzene rings is 2. The summed E-state index contributed by atoms with van der Waals surface area (Å²) in [6.07, 6.45) is 1.01. The van der Waals surface area contributed by atoms with Crippen molar-refractivity contribution in [2.75, 3.05) is 23.7 Å². The highest BCUT2D eigenvalue weighted by molar-refractivity contribution is 7.92. The van der Waals surface area contributed by atoms with Crippen LogP contribution in [0.5, 0.6) is 0 Å². The lowest BCUT2D eigenvalue weighted by molar-refractivity contribution is -0.139. The van der Waals surface area contributed by atoms with Gasteiger partial charge in [-0.2, -0.15) is 0 Å². The van der Waals surface area contributed by atoms with Crippen molar-refractivity contribution in [3.63, 3.8) is 0 Å². The van der Waals surface area contributed by atoms with Crippen LogP contribution in [0.3, 0.4) is 0 Å². The molecule has 2 aromatic rings. The SMILES string of the molecule is CCNC(=O)[C@@H](C)N(Cc1ccccc1F)C(=O)CN(c1cccc(C)c1)S(C)(=O)=O. The van der Waals surface area contributed by atoms with Crippen LogP contribution >= 0.6 is 0 Å². The Labute approximate surface area is 182 Å². The fourth-order valence-electron chi connectivity index (χ4n) is 3.11. The lowest BCUT2D eigenvalue weighted by Crippen LogP contribution is -2.51. The molecule has 0 heterocycles. The fraction of sp³-hybridized carbons (Fsp3) is 0.364. The van der Waals surface area contributed by atoms with Gasteiger partial charge < -0.3 is 10.2 Å². The molecule has 2 amide bonds. The number of amides is 2. The predicted molar refractivity (Wildman–Crippen MR) is 118 cm³/mol. The van der Waals surface area contributed by atoms with Gasteiger partial charge in [-0.1, -0.05) is 30.3 Å². The zero-order valence-electron chi connectivity index (χ0n) is 18.1. The largest absolute Gasteiger partial charge is 0.355 e. The smallest absolute Gasteiger partial charge is 0.244 e. The molecule has 7 nitrogen and oxygen atoms in total. The maximum Gasteiger partial charge on any atom is 0.244 e. The van der Waals surface area contributed by atoms with Crippen LogP contribution < -0.4 is 9.62 Å². The highest BCUT2D eigenvalue weighted by atomic mass is 32.2. The molecule has 0 aromatic heterocycles. The van der Waals surface area contributed by atoms with Gasteiger partial charge in [-0.15, -0.1) is 0 Å². The second kappa shape index (κ2) is 10.4. The van der Waals surface area contributed by atoms with E-state index < -0.39 is 40.2 Å². The molecule has 0 bridgehead atoms. The third-order valence-corrected chi connectivity index (χ3v) is 5.93. The van der Waals surface area contributed by atoms with Crippen LogP contribution in [0.4, 0.5) is 10.1 Å². The highest BCUT2D eigenvalue weighted by Crippen LogP contribution is 2.20. The molecule has 168 valence electrons. The fourth-order valence-corrected chi connectivity index (χ4v) is 3.95. The van der Waals surface area contributed by atoms with E-state index in [4.69, 9.17) is 0 Å². The predicted octanol–water partition coefficient (Wildman–Crippen LogP) is 2.45. The Morgan fingerprint density at radius 3 is 2.39 bits per heavy atom. The number of nitrogens with zero attached hydrogens (tertiary/aromatic N) is 2. The van der Waals surface area contributed by atoms with Crippen molar-refractivity contribution in [2.45, 2.75) is 33.4 Å². The molecular formula is C22H28FN3O4S. The van der Waals surface area contributed by atoms with E-state index in [1.165, 1.54) is 30.0 Å². The standard InChI is InChI=1S/C22H28FN3O4S/c1-5-24-22(28)17(3)25(14-18-10-6-7-12-20(18)23)21(27)15-26(31(4,29)30)19-11-8-9-16(2)13-19/h6-13,17H,5,14-15H2,1-4H3,(H,24,28)/t17-/m1/s1. The summed E-state index contributed by atoms with van der Waals surface area (Å²) in [7, 11) is -3.79. The van der Waals surface area contributed by atoms with Gasteiger partial charge in [-0.05, 0) is 44.5 Å². The maximum absolute atomic E-state index is 14.2. The first-order chi connectivity index (χ1) is 14.5. The Kier molecular flexibility index (Phi) is 8.15. The average molecular weight is 450 g/mol. The number of likely N-dealkylation sites (N-methyl/N-ethyl adjacent to an activating group) is 1. The van der Waals surface area contributed by atoms with Gasteiger partial charge in [0.1, 0.15) is 18.4 Å². The van der Waals surface area contributed by atoms with E-state index in [1.807, 2.05) is 13.0 Å². The number of sulfonamides is 1. The summed E-state index contributed by atoms with van der Waals surface area (Å²) in [4.78, 5) is 26.9. The van der Waals surface area contributed by atoms with Crippen molar-refractivity contribution >= 4 is 27.5 Å². The highest BCUT2D eigenvalue weighted by Gasteiger charge is 2.30. The minimum Gasteiger partial charge on any atom is -0.355 e. The van der Waals surface area contributed by atoms with E-state index >= 15 is 0 Å². The average Bonchev–Trinajstić information content (AvgIpc) is 2.70. The molecule has 0 spiro atoms. The molecule has 0 saturated heterocycles. The first-order valence-corrected chi connectivity index (χ1v) is 11.7. The number of hydrogen-bond acceptors (Lipinski definition) is 4. The molecule has 1 atom stereocenters. The molecular weight excluding hydrogens is 421 g/mol. The van der Waals surface area contributed by atoms with Crippen LogP contribution in [0.25, 0.3) is 0 Å². The molecule has 0 fully saturated rings. The number of carbonyl (C=O) groups is 2. The third-order valence-electron chi connectivity index (χ3n) is 4.79. The summed E-state index contributed by atoms with van der Waals surface area (Å²) in [5.41, 5.74) is 1.40. The van der Waals surface area contributed by atoms with E-state index in [9.17, 15) is 22.4 Å². The van der Waals surface area contributed by atoms with Gasteiger partial charge in [0.05, 0.1) is 11.9 Å². The summed E-state index contributed by atoms with van der Waals surface area (Å²) < 4.78 is 40.1. The van der Waals surface area contributed by atoms with Gasteiger partial charge in [0.15, 0.2) is 0 Å². The van der Waals surface area contributed by atoms with Crippen LogP contribution in [-0.2, 0) is 26.2 Å². The molecule has 0 unspecified atom stereocenters. The van der Waals surface area contributed by atoms with E-state index in [2.05, 4.69) is 5.32 Å². The van der Waals surface area contributed by atoms with Crippen molar-refractivity contribution in [3.8, 4) is 0 Å². The minimum absolute atomic E-state index is 0.171. The molecule has 31 heavy (non-hydrogen) atoms. The third kappa shape index (κ3) is 6.52. The summed E-state index contributed by atoms with van der Waals surface area (Å²) in [6.45, 7) is 4.77. The van der Waals surface area contributed by atoms with E-state index in [-0.39, 0.29) is 12.1 Å². The van der Waals surface area contributed by atoms with Crippen molar-refractivity contribution < 1.29 is 22.4 Å². The number of nitrogens with one attached hydrogen (secondary N) is 1. The first-order valence-electron chi connectivity index (χ1n) is 9.89. The Bertz CT molecular complexity index is 1040. The van der Waals surface area contributed by atoms with Crippen LogP contribution in [0.15, 0.2) is 48.5 Å². The molecule has 0 radical (unpaired) electrons. The summed E-state index contributed by atoms with van der Waals surface area (Å²) in [5, 5.41) is 2.65. The molecule has 9 heteroatoms. The molecule has 2 aromatic carbocycles. The molecule has 1 N–H and O–H groups in total. The zero-order valence-corrected chi connectivity index (χ0v) is 18.9. The van der Waals surface area contributed by atoms with Crippen molar-refractivity contribution in [3.05, 3.63) is 65.5 Å².